The molecule has 0 spiro atoms. The zero-order valence-corrected chi connectivity index (χ0v) is 9.99. The second kappa shape index (κ2) is 6.75. The summed E-state index contributed by atoms with van der Waals surface area (Å²) >= 11 is 5.36. The highest BCUT2D eigenvalue weighted by atomic mass is 35.5. The molecule has 92 valence electrons. The van der Waals surface area contributed by atoms with Crippen LogP contribution in [0.2, 0.25) is 0 Å². The first-order valence-electron chi connectivity index (χ1n) is 4.81. The van der Waals surface area contributed by atoms with E-state index in [1.165, 1.54) is 7.11 Å². The fourth-order valence-electron chi connectivity index (χ4n) is 1.06. The first-order valence-corrected chi connectivity index (χ1v) is 5.34. The maximum Gasteiger partial charge on any atom is 0.343 e. The van der Waals surface area contributed by atoms with Crippen LogP contribution in [0.3, 0.4) is 0 Å². The first-order chi connectivity index (χ1) is 8.15. The summed E-state index contributed by atoms with van der Waals surface area (Å²) in [6.45, 7) is -0.177. The Morgan fingerprint density at radius 1 is 1.41 bits per heavy atom. The number of esters is 1. The van der Waals surface area contributed by atoms with Gasteiger partial charge >= 0.3 is 5.97 Å². The zero-order valence-electron chi connectivity index (χ0n) is 9.23. The quantitative estimate of drug-likeness (QED) is 0.640. The van der Waals surface area contributed by atoms with E-state index in [1.54, 1.807) is 24.3 Å². The van der Waals surface area contributed by atoms with Gasteiger partial charge < -0.3 is 14.8 Å². The molecule has 0 bridgehead atoms. The Labute approximate surface area is 104 Å². The van der Waals surface area contributed by atoms with Gasteiger partial charge in [0.15, 0.2) is 6.61 Å². The Hall–Kier alpha value is -1.75. The number of anilines is 1. The van der Waals surface area contributed by atoms with Gasteiger partial charge in [0.1, 0.15) is 11.6 Å². The van der Waals surface area contributed by atoms with E-state index in [9.17, 15) is 9.59 Å². The van der Waals surface area contributed by atoms with Gasteiger partial charge in [-0.25, -0.2) is 4.79 Å². The smallest absolute Gasteiger partial charge is 0.343 e. The van der Waals surface area contributed by atoms with E-state index >= 15 is 0 Å². The minimum Gasteiger partial charge on any atom is -0.482 e. The molecule has 0 radical (unpaired) electrons. The van der Waals surface area contributed by atoms with Gasteiger partial charge in [0, 0.05) is 11.8 Å². The summed E-state index contributed by atoms with van der Waals surface area (Å²) in [5, 5.41) is 2.57. The summed E-state index contributed by atoms with van der Waals surface area (Å²) in [7, 11) is 1.28. The summed E-state index contributed by atoms with van der Waals surface area (Å²) in [6, 6.07) is 6.64. The van der Waals surface area contributed by atoms with Gasteiger partial charge in [-0.1, -0.05) is 6.07 Å². The highest BCUT2D eigenvalue weighted by Crippen LogP contribution is 2.17. The van der Waals surface area contributed by atoms with Crippen LogP contribution >= 0.6 is 11.6 Å². The number of benzene rings is 1. The molecular formula is C11H12ClNO4. The number of nitrogens with one attached hydrogen (secondary N) is 1. The van der Waals surface area contributed by atoms with E-state index in [-0.39, 0.29) is 18.4 Å². The predicted molar refractivity (Wildman–Crippen MR) is 63.3 cm³/mol. The van der Waals surface area contributed by atoms with Gasteiger partial charge in [-0.05, 0) is 12.1 Å². The minimum absolute atomic E-state index is 0.118. The van der Waals surface area contributed by atoms with E-state index in [4.69, 9.17) is 16.3 Å². The van der Waals surface area contributed by atoms with Crippen molar-refractivity contribution in [2.45, 2.75) is 0 Å². The third-order valence-electron chi connectivity index (χ3n) is 1.82. The van der Waals surface area contributed by atoms with E-state index in [0.717, 1.165) is 0 Å². The standard InChI is InChI=1S/C11H12ClNO4/c1-16-11(15)7-17-9-4-2-3-8(5-9)13-10(14)6-12/h2-5H,6-7H2,1H3,(H,13,14). The Morgan fingerprint density at radius 2 is 2.18 bits per heavy atom. The van der Waals surface area contributed by atoms with Gasteiger partial charge in [-0.2, -0.15) is 0 Å². The molecule has 0 unspecified atom stereocenters. The molecule has 0 atom stereocenters. The van der Waals surface area contributed by atoms with Crippen molar-refractivity contribution in [2.24, 2.45) is 0 Å². The van der Waals surface area contributed by atoms with Crippen LogP contribution in [-0.2, 0) is 14.3 Å². The molecule has 0 aliphatic heterocycles. The van der Waals surface area contributed by atoms with Crippen LogP contribution < -0.4 is 10.1 Å². The summed E-state index contributed by atoms with van der Waals surface area (Å²) in [6.07, 6.45) is 0. The fourth-order valence-corrected chi connectivity index (χ4v) is 1.13. The zero-order chi connectivity index (χ0) is 12.7. The second-order valence-corrected chi connectivity index (χ2v) is 3.34. The van der Waals surface area contributed by atoms with Crippen molar-refractivity contribution < 1.29 is 19.1 Å². The lowest BCUT2D eigenvalue weighted by molar-refractivity contribution is -0.142. The first kappa shape index (κ1) is 13.3. The molecule has 1 aromatic rings. The molecular weight excluding hydrogens is 246 g/mol. The lowest BCUT2D eigenvalue weighted by Gasteiger charge is -2.07. The van der Waals surface area contributed by atoms with Gasteiger partial charge in [-0.15, -0.1) is 11.6 Å². The predicted octanol–water partition coefficient (Wildman–Crippen LogP) is 1.42. The van der Waals surface area contributed by atoms with Gasteiger partial charge in [0.25, 0.3) is 0 Å². The van der Waals surface area contributed by atoms with E-state index < -0.39 is 5.97 Å². The molecule has 1 rings (SSSR count). The van der Waals surface area contributed by atoms with Crippen LogP contribution in [0.5, 0.6) is 5.75 Å². The van der Waals surface area contributed by atoms with Crippen LogP contribution in [0.15, 0.2) is 24.3 Å². The number of halogens is 1. The molecule has 5 nitrogen and oxygen atoms in total. The number of amides is 1. The lowest BCUT2D eigenvalue weighted by Crippen LogP contribution is -2.14. The average Bonchev–Trinajstić information content (AvgIpc) is 2.36. The third-order valence-corrected chi connectivity index (χ3v) is 2.07. The van der Waals surface area contributed by atoms with E-state index in [2.05, 4.69) is 10.1 Å². The minimum atomic E-state index is -0.472. The molecule has 6 heteroatoms. The molecule has 17 heavy (non-hydrogen) atoms. The maximum absolute atomic E-state index is 11.0. The summed E-state index contributed by atoms with van der Waals surface area (Å²) < 4.78 is 9.59. The van der Waals surface area contributed by atoms with Crippen molar-refractivity contribution in [2.75, 3.05) is 24.9 Å². The lowest BCUT2D eigenvalue weighted by atomic mass is 10.3. The van der Waals surface area contributed by atoms with Gasteiger partial charge in [-0.3, -0.25) is 4.79 Å². The van der Waals surface area contributed by atoms with Crippen LogP contribution in [0.4, 0.5) is 5.69 Å². The SMILES string of the molecule is COC(=O)COc1cccc(NC(=O)CCl)c1. The number of hydrogen-bond donors (Lipinski definition) is 1. The molecule has 0 heterocycles. The summed E-state index contributed by atoms with van der Waals surface area (Å²) in [5.74, 6) is -0.437. The molecule has 0 aromatic heterocycles. The van der Waals surface area contributed by atoms with E-state index in [1.807, 2.05) is 0 Å². The van der Waals surface area contributed by atoms with Crippen molar-refractivity contribution in [3.63, 3.8) is 0 Å². The summed E-state index contributed by atoms with van der Waals surface area (Å²) in [4.78, 5) is 21.9. The highest BCUT2D eigenvalue weighted by molar-refractivity contribution is 6.29. The Balaban J connectivity index is 2.59. The molecule has 0 fully saturated rings. The van der Waals surface area contributed by atoms with Crippen LogP contribution in [0.25, 0.3) is 0 Å². The van der Waals surface area contributed by atoms with Crippen molar-refractivity contribution in [3.8, 4) is 5.75 Å². The number of carbonyl (C=O) groups excluding carboxylic acids is 2. The third kappa shape index (κ3) is 4.74. The van der Waals surface area contributed by atoms with Crippen molar-refractivity contribution in [3.05, 3.63) is 24.3 Å². The van der Waals surface area contributed by atoms with Gasteiger partial charge in [0.2, 0.25) is 5.91 Å². The van der Waals surface area contributed by atoms with Crippen molar-refractivity contribution in [1.29, 1.82) is 0 Å². The summed E-state index contributed by atoms with van der Waals surface area (Å²) in [5.41, 5.74) is 0.554. The topological polar surface area (TPSA) is 64.6 Å². The molecule has 0 saturated carbocycles. The van der Waals surface area contributed by atoms with Crippen LogP contribution in [0.1, 0.15) is 0 Å². The highest BCUT2D eigenvalue weighted by Gasteiger charge is 2.04. The molecule has 1 amide bonds. The Bertz CT molecular complexity index is 408. The molecule has 1 N–H and O–H groups in total. The van der Waals surface area contributed by atoms with E-state index in [0.29, 0.717) is 11.4 Å². The Kier molecular flexibility index (Phi) is 5.29. The average molecular weight is 258 g/mol. The number of rotatable bonds is 5. The molecule has 0 aliphatic rings. The second-order valence-electron chi connectivity index (χ2n) is 3.07. The molecule has 0 saturated heterocycles. The molecule has 1 aromatic carbocycles. The number of ether oxygens (including phenoxy) is 2. The molecule has 0 aliphatic carbocycles. The number of carbonyl (C=O) groups is 2. The maximum atomic E-state index is 11.0. The largest absolute Gasteiger partial charge is 0.482 e. The number of alkyl halides is 1. The number of methoxy groups -OCH3 is 1. The monoisotopic (exact) mass is 257 g/mol. The van der Waals surface area contributed by atoms with Crippen molar-refractivity contribution >= 4 is 29.2 Å². The van der Waals surface area contributed by atoms with Crippen molar-refractivity contribution in [1.82, 2.24) is 0 Å². The fraction of sp³-hybridized carbons (Fsp3) is 0.273. The number of hydrogen-bond acceptors (Lipinski definition) is 4. The normalized spacial score (nSPS) is 9.53. The van der Waals surface area contributed by atoms with Crippen LogP contribution in [0, 0.1) is 0 Å². The Morgan fingerprint density at radius 3 is 2.82 bits per heavy atom. The van der Waals surface area contributed by atoms with Gasteiger partial charge in [0.05, 0.1) is 7.11 Å². The van der Waals surface area contributed by atoms with Crippen LogP contribution in [-0.4, -0.2) is 31.5 Å².